The first-order valence-corrected chi connectivity index (χ1v) is 10.1. The maximum absolute atomic E-state index is 12.4. The minimum absolute atomic E-state index is 0.124. The topological polar surface area (TPSA) is 96.3 Å². The molecule has 8 nitrogen and oxygen atoms in total. The SMILES string of the molecule is CCOc1ccccc1C1=N/C(=C\c2ccc(OC(=O)c3cccnc3)c(OC)c2)C(=O)O1. The van der Waals surface area contributed by atoms with E-state index in [1.54, 1.807) is 54.7 Å². The minimum Gasteiger partial charge on any atom is -0.493 e. The summed E-state index contributed by atoms with van der Waals surface area (Å²) in [5, 5.41) is 0. The van der Waals surface area contributed by atoms with Gasteiger partial charge in [-0.2, -0.15) is 0 Å². The van der Waals surface area contributed by atoms with Crippen LogP contribution in [-0.2, 0) is 9.53 Å². The maximum atomic E-state index is 12.4. The summed E-state index contributed by atoms with van der Waals surface area (Å²) in [6.45, 7) is 2.34. The zero-order chi connectivity index (χ0) is 23.2. The number of carbonyl (C=O) groups excluding carboxylic acids is 2. The first kappa shape index (κ1) is 21.8. The Morgan fingerprint density at radius 3 is 2.67 bits per heavy atom. The number of benzene rings is 2. The van der Waals surface area contributed by atoms with Crippen LogP contribution in [-0.4, -0.2) is 36.5 Å². The Morgan fingerprint density at radius 2 is 1.91 bits per heavy atom. The van der Waals surface area contributed by atoms with Crippen molar-refractivity contribution in [3.05, 3.63) is 89.4 Å². The molecule has 1 aliphatic rings. The normalized spacial score (nSPS) is 13.9. The smallest absolute Gasteiger partial charge is 0.363 e. The second-order valence-corrected chi connectivity index (χ2v) is 6.81. The maximum Gasteiger partial charge on any atom is 0.363 e. The van der Waals surface area contributed by atoms with Gasteiger partial charge in [0.2, 0.25) is 5.90 Å². The van der Waals surface area contributed by atoms with E-state index in [0.29, 0.717) is 34.8 Å². The molecular formula is C25H20N2O6. The minimum atomic E-state index is -0.581. The number of carbonyl (C=O) groups is 2. The monoisotopic (exact) mass is 444 g/mol. The highest BCUT2D eigenvalue weighted by molar-refractivity contribution is 6.13. The number of hydrogen-bond donors (Lipinski definition) is 0. The Morgan fingerprint density at radius 1 is 1.06 bits per heavy atom. The molecule has 166 valence electrons. The Kier molecular flexibility index (Phi) is 6.45. The van der Waals surface area contributed by atoms with Crippen molar-refractivity contribution in [2.24, 2.45) is 4.99 Å². The van der Waals surface area contributed by atoms with E-state index in [0.717, 1.165) is 0 Å². The van der Waals surface area contributed by atoms with Crippen LogP contribution >= 0.6 is 0 Å². The molecule has 0 saturated carbocycles. The van der Waals surface area contributed by atoms with Gasteiger partial charge in [-0.1, -0.05) is 18.2 Å². The lowest BCUT2D eigenvalue weighted by Gasteiger charge is -2.10. The molecule has 0 N–H and O–H groups in total. The molecule has 0 aliphatic carbocycles. The summed E-state index contributed by atoms with van der Waals surface area (Å²) >= 11 is 0. The van der Waals surface area contributed by atoms with Crippen LogP contribution in [0, 0.1) is 0 Å². The van der Waals surface area contributed by atoms with Gasteiger partial charge in [-0.15, -0.1) is 0 Å². The third-order valence-electron chi connectivity index (χ3n) is 4.63. The number of aromatic nitrogens is 1. The molecule has 33 heavy (non-hydrogen) atoms. The van der Waals surface area contributed by atoms with Crippen molar-refractivity contribution in [2.45, 2.75) is 6.92 Å². The van der Waals surface area contributed by atoms with E-state index in [1.807, 2.05) is 19.1 Å². The molecule has 2 heterocycles. The zero-order valence-electron chi connectivity index (χ0n) is 18.0. The van der Waals surface area contributed by atoms with Crippen LogP contribution in [0.4, 0.5) is 0 Å². The Bertz CT molecular complexity index is 1250. The highest BCUT2D eigenvalue weighted by Crippen LogP contribution is 2.31. The number of pyridine rings is 1. The lowest BCUT2D eigenvalue weighted by atomic mass is 10.1. The van der Waals surface area contributed by atoms with E-state index in [1.165, 1.54) is 13.3 Å². The summed E-state index contributed by atoms with van der Waals surface area (Å²) in [4.78, 5) is 33.0. The molecule has 0 spiro atoms. The van der Waals surface area contributed by atoms with Crippen LogP contribution in [0.15, 0.2) is 77.7 Å². The molecule has 1 aromatic heterocycles. The molecule has 0 atom stereocenters. The second-order valence-electron chi connectivity index (χ2n) is 6.81. The van der Waals surface area contributed by atoms with E-state index in [2.05, 4.69) is 9.98 Å². The number of aliphatic imine (C=N–C) groups is 1. The van der Waals surface area contributed by atoms with E-state index >= 15 is 0 Å². The van der Waals surface area contributed by atoms with Gasteiger partial charge in [0.05, 0.1) is 24.8 Å². The molecule has 0 saturated heterocycles. The number of para-hydroxylation sites is 1. The molecular weight excluding hydrogens is 424 g/mol. The predicted octanol–water partition coefficient (Wildman–Crippen LogP) is 4.05. The summed E-state index contributed by atoms with van der Waals surface area (Å²) in [6, 6.07) is 15.3. The van der Waals surface area contributed by atoms with Crippen LogP contribution in [0.3, 0.4) is 0 Å². The van der Waals surface area contributed by atoms with E-state index in [4.69, 9.17) is 18.9 Å². The summed E-state index contributed by atoms with van der Waals surface area (Å²) < 4.78 is 21.7. The van der Waals surface area contributed by atoms with Crippen molar-refractivity contribution in [2.75, 3.05) is 13.7 Å². The van der Waals surface area contributed by atoms with Gasteiger partial charge in [0.25, 0.3) is 0 Å². The molecule has 8 heteroatoms. The fourth-order valence-corrected chi connectivity index (χ4v) is 3.11. The Hall–Kier alpha value is -4.46. The third-order valence-corrected chi connectivity index (χ3v) is 4.63. The molecule has 0 amide bonds. The number of esters is 2. The molecule has 1 aliphatic heterocycles. The number of methoxy groups -OCH3 is 1. The van der Waals surface area contributed by atoms with E-state index in [-0.39, 0.29) is 17.3 Å². The van der Waals surface area contributed by atoms with Gasteiger partial charge >= 0.3 is 11.9 Å². The molecule has 0 radical (unpaired) electrons. The highest BCUT2D eigenvalue weighted by Gasteiger charge is 2.26. The van der Waals surface area contributed by atoms with Crippen molar-refractivity contribution in [1.82, 2.24) is 4.98 Å². The summed E-state index contributed by atoms with van der Waals surface area (Å²) in [6.07, 6.45) is 4.55. The van der Waals surface area contributed by atoms with E-state index in [9.17, 15) is 9.59 Å². The summed E-state index contributed by atoms with van der Waals surface area (Å²) in [5.74, 6) is 0.158. The largest absolute Gasteiger partial charge is 0.493 e. The van der Waals surface area contributed by atoms with Crippen LogP contribution < -0.4 is 14.2 Å². The average Bonchev–Trinajstić information content (AvgIpc) is 3.20. The number of nitrogens with zero attached hydrogens (tertiary/aromatic N) is 2. The average molecular weight is 444 g/mol. The lowest BCUT2D eigenvalue weighted by molar-refractivity contribution is -0.129. The van der Waals surface area contributed by atoms with Gasteiger partial charge in [0.1, 0.15) is 5.75 Å². The molecule has 0 unspecified atom stereocenters. The number of rotatable bonds is 7. The summed E-state index contributed by atoms with van der Waals surface area (Å²) in [5.41, 5.74) is 1.64. The third kappa shape index (κ3) is 4.90. The predicted molar refractivity (Wildman–Crippen MR) is 120 cm³/mol. The van der Waals surface area contributed by atoms with Gasteiger partial charge in [-0.05, 0) is 55.0 Å². The van der Waals surface area contributed by atoms with Gasteiger partial charge < -0.3 is 18.9 Å². The Balaban J connectivity index is 1.59. The van der Waals surface area contributed by atoms with Crippen molar-refractivity contribution >= 4 is 23.9 Å². The van der Waals surface area contributed by atoms with E-state index < -0.39 is 11.9 Å². The molecule has 3 aromatic rings. The van der Waals surface area contributed by atoms with Crippen molar-refractivity contribution in [3.63, 3.8) is 0 Å². The quantitative estimate of drug-likeness (QED) is 0.308. The zero-order valence-corrected chi connectivity index (χ0v) is 18.0. The standard InChI is InChI=1S/C25H20N2O6/c1-3-31-20-9-5-4-8-18(20)23-27-19(25(29)33-23)13-16-10-11-21(22(14-16)30-2)32-24(28)17-7-6-12-26-15-17/h4-15H,3H2,1-2H3/b19-13-. The van der Waals surface area contributed by atoms with Crippen LogP contribution in [0.2, 0.25) is 0 Å². The lowest BCUT2D eigenvalue weighted by Crippen LogP contribution is -2.09. The van der Waals surface area contributed by atoms with Gasteiger partial charge in [0, 0.05) is 12.4 Å². The first-order chi connectivity index (χ1) is 16.1. The second kappa shape index (κ2) is 9.78. The first-order valence-electron chi connectivity index (χ1n) is 10.1. The molecule has 0 bridgehead atoms. The van der Waals surface area contributed by atoms with Gasteiger partial charge in [-0.3, -0.25) is 4.98 Å². The number of ether oxygens (including phenoxy) is 4. The van der Waals surface area contributed by atoms with Crippen molar-refractivity contribution in [1.29, 1.82) is 0 Å². The highest BCUT2D eigenvalue weighted by atomic mass is 16.6. The van der Waals surface area contributed by atoms with Crippen LogP contribution in [0.25, 0.3) is 6.08 Å². The van der Waals surface area contributed by atoms with Crippen LogP contribution in [0.1, 0.15) is 28.4 Å². The molecule has 0 fully saturated rings. The fraction of sp³-hybridized carbons (Fsp3) is 0.120. The van der Waals surface area contributed by atoms with Gasteiger partial charge in [-0.25, -0.2) is 14.6 Å². The molecule has 2 aromatic carbocycles. The number of cyclic esters (lactones) is 1. The molecule has 4 rings (SSSR count). The van der Waals surface area contributed by atoms with Crippen molar-refractivity contribution in [3.8, 4) is 17.2 Å². The number of hydrogen-bond acceptors (Lipinski definition) is 8. The fourth-order valence-electron chi connectivity index (χ4n) is 3.11. The van der Waals surface area contributed by atoms with Crippen molar-refractivity contribution < 1.29 is 28.5 Å². The van der Waals surface area contributed by atoms with Crippen LogP contribution in [0.5, 0.6) is 17.2 Å². The van der Waals surface area contributed by atoms with Gasteiger partial charge in [0.15, 0.2) is 17.2 Å². The summed E-state index contributed by atoms with van der Waals surface area (Å²) in [7, 11) is 1.46. The Labute approximate surface area is 190 Å².